The second-order valence-electron chi connectivity index (χ2n) is 9.40. The van der Waals surface area contributed by atoms with E-state index >= 15 is 0 Å². The van der Waals surface area contributed by atoms with Crippen molar-refractivity contribution in [3.63, 3.8) is 0 Å². The first kappa shape index (κ1) is 20.8. The Bertz CT molecular complexity index is 1700. The molecule has 0 saturated heterocycles. The van der Waals surface area contributed by atoms with Crippen LogP contribution in [-0.2, 0) is 0 Å². The van der Waals surface area contributed by atoms with E-state index in [0.29, 0.717) is 0 Å². The van der Waals surface area contributed by atoms with Crippen LogP contribution in [0.2, 0.25) is 0 Å². The zero-order chi connectivity index (χ0) is 23.9. The number of rotatable bonds is 0. The molecule has 12 bridgehead atoms. The van der Waals surface area contributed by atoms with Gasteiger partial charge in [-0.15, -0.1) is 0 Å². The van der Waals surface area contributed by atoms with Crippen LogP contribution in [0.4, 0.5) is 0 Å². The van der Waals surface area contributed by atoms with Crippen LogP contribution >= 0.6 is 0 Å². The summed E-state index contributed by atoms with van der Waals surface area (Å²) in [6.07, 6.45) is 25.6. The van der Waals surface area contributed by atoms with E-state index in [-0.39, 0.29) is 6.04 Å². The van der Waals surface area contributed by atoms with E-state index in [1.807, 2.05) is 24.3 Å². The quantitative estimate of drug-likeness (QED) is 0.584. The number of allylic oxidation sites excluding steroid dienone is 8. The Morgan fingerprint density at radius 2 is 1.36 bits per heavy atom. The molecule has 174 valence electrons. The molecule has 0 saturated carbocycles. The van der Waals surface area contributed by atoms with Crippen LogP contribution in [-0.4, -0.2) is 38.9 Å². The molecule has 0 radical (unpaired) electrons. The van der Waals surface area contributed by atoms with Crippen LogP contribution in [0, 0.1) is 0 Å². The van der Waals surface area contributed by atoms with Crippen molar-refractivity contribution in [3.05, 3.63) is 112 Å². The summed E-state index contributed by atoms with van der Waals surface area (Å²) in [5.41, 5.74) is 9.01. The third-order valence-corrected chi connectivity index (χ3v) is 6.58. The highest BCUT2D eigenvalue weighted by Crippen LogP contribution is 2.24. The molecule has 2 aromatic rings. The van der Waals surface area contributed by atoms with E-state index in [1.54, 1.807) is 0 Å². The van der Waals surface area contributed by atoms with Gasteiger partial charge in [0.1, 0.15) is 0 Å². The lowest BCUT2D eigenvalue weighted by Crippen LogP contribution is -2.10. The minimum atomic E-state index is 0.137. The van der Waals surface area contributed by atoms with Crippen molar-refractivity contribution in [1.82, 2.24) is 9.97 Å². The molecule has 0 spiro atoms. The molecule has 36 heavy (non-hydrogen) atoms. The number of nitrogens with zero attached hydrogens (tertiary/aromatic N) is 4. The zero-order valence-corrected chi connectivity index (χ0v) is 19.6. The summed E-state index contributed by atoms with van der Waals surface area (Å²) in [4.78, 5) is 26.2. The fourth-order valence-corrected chi connectivity index (χ4v) is 4.88. The number of hydrogen-bond acceptors (Lipinski definition) is 4. The summed E-state index contributed by atoms with van der Waals surface area (Å²) in [5, 5.41) is 2.03. The van der Waals surface area contributed by atoms with Gasteiger partial charge in [-0.25, -0.2) is 9.98 Å². The Morgan fingerprint density at radius 3 is 2.22 bits per heavy atom. The highest BCUT2D eigenvalue weighted by molar-refractivity contribution is 6.19. The van der Waals surface area contributed by atoms with Gasteiger partial charge in [-0.05, 0) is 97.9 Å². The minimum absolute atomic E-state index is 0.137. The number of aliphatic imine (C=N–C) groups is 4. The topological polar surface area (TPSA) is 81.0 Å². The fraction of sp³-hybridized carbons (Fsp3) is 0.133. The first-order valence-corrected chi connectivity index (χ1v) is 12.3. The number of aromatic nitrogens is 2. The Labute approximate surface area is 208 Å². The molecule has 0 amide bonds. The van der Waals surface area contributed by atoms with Gasteiger partial charge in [-0.3, -0.25) is 9.98 Å². The van der Waals surface area contributed by atoms with Gasteiger partial charge in [0.05, 0.1) is 34.6 Å². The normalized spacial score (nSPS) is 25.8. The molecule has 7 heterocycles. The Kier molecular flexibility index (Phi) is 4.94. The molecule has 2 N–H and O–H groups in total. The van der Waals surface area contributed by atoms with Gasteiger partial charge in [0.2, 0.25) is 0 Å². The molecule has 0 aliphatic carbocycles. The lowest BCUT2D eigenvalue weighted by Gasteiger charge is -2.03. The second-order valence-corrected chi connectivity index (χ2v) is 9.40. The van der Waals surface area contributed by atoms with Crippen LogP contribution in [0.15, 0.2) is 110 Å². The summed E-state index contributed by atoms with van der Waals surface area (Å²) < 4.78 is 0. The van der Waals surface area contributed by atoms with Crippen LogP contribution in [0.1, 0.15) is 30.7 Å². The Balaban J connectivity index is 1.27. The zero-order valence-electron chi connectivity index (χ0n) is 19.6. The fourth-order valence-electron chi connectivity index (χ4n) is 4.88. The molecular formula is C30H24N6. The van der Waals surface area contributed by atoms with Crippen LogP contribution in [0.25, 0.3) is 18.2 Å². The van der Waals surface area contributed by atoms with Crippen molar-refractivity contribution in [3.8, 4) is 0 Å². The van der Waals surface area contributed by atoms with Crippen LogP contribution in [0.3, 0.4) is 0 Å². The van der Waals surface area contributed by atoms with E-state index in [2.05, 4.69) is 76.8 Å². The molecule has 0 aromatic carbocycles. The molecule has 6 nitrogen and oxygen atoms in total. The standard InChI is InChI=1S/C30H24N6/c1-2-20-14-22-5-6-24(33-22)16-26-9-10-28(35-26)18-30-12-11-29(36-30)17-27-8-7-25(34-27)15-23-4-3-21(32-23)13-19(1)31-20/h1-10,13-17,28,31-32H,11-12,18H2/b19-13-,20-14?,24-16-,25-15?,29-17-. The van der Waals surface area contributed by atoms with Gasteiger partial charge in [-0.1, -0.05) is 6.08 Å². The average molecular weight is 469 g/mol. The van der Waals surface area contributed by atoms with E-state index in [1.165, 1.54) is 5.71 Å². The first-order chi connectivity index (χ1) is 17.7. The van der Waals surface area contributed by atoms with Gasteiger partial charge < -0.3 is 9.97 Å². The van der Waals surface area contributed by atoms with Gasteiger partial charge >= 0.3 is 0 Å². The maximum atomic E-state index is 4.88. The molecule has 6 heteroatoms. The second kappa shape index (κ2) is 8.57. The molecule has 5 aliphatic heterocycles. The van der Waals surface area contributed by atoms with Gasteiger partial charge in [0.15, 0.2) is 0 Å². The maximum absolute atomic E-state index is 4.88. The third-order valence-electron chi connectivity index (χ3n) is 6.58. The molecule has 1 atom stereocenters. The van der Waals surface area contributed by atoms with Gasteiger partial charge in [-0.2, -0.15) is 0 Å². The summed E-state index contributed by atoms with van der Waals surface area (Å²) in [6, 6.07) is 8.42. The number of H-pyrrole nitrogens is 2. The lowest BCUT2D eigenvalue weighted by molar-refractivity contribution is 0.867. The molecule has 2 aromatic heterocycles. The summed E-state index contributed by atoms with van der Waals surface area (Å²) in [5.74, 6) is 0. The van der Waals surface area contributed by atoms with Crippen molar-refractivity contribution in [2.24, 2.45) is 20.0 Å². The summed E-state index contributed by atoms with van der Waals surface area (Å²) in [7, 11) is 0. The average Bonchev–Trinajstić information content (AvgIpc) is 3.68. The van der Waals surface area contributed by atoms with Crippen molar-refractivity contribution in [1.29, 1.82) is 0 Å². The maximum Gasteiger partial charge on any atom is 0.0742 e. The van der Waals surface area contributed by atoms with Crippen molar-refractivity contribution < 1.29 is 0 Å². The van der Waals surface area contributed by atoms with Crippen molar-refractivity contribution in [2.75, 3.05) is 0 Å². The first-order valence-electron chi connectivity index (χ1n) is 12.3. The highest BCUT2D eigenvalue weighted by Gasteiger charge is 2.18. The van der Waals surface area contributed by atoms with Gasteiger partial charge in [0, 0.05) is 39.9 Å². The summed E-state index contributed by atoms with van der Waals surface area (Å²) in [6.45, 7) is 0. The van der Waals surface area contributed by atoms with E-state index in [4.69, 9.17) is 20.0 Å². The molecule has 1 unspecified atom stereocenters. The SMILES string of the molecule is C1=CC2=NC1=Cc1ccc([nH]1)/C=c1/ccc([nH]1)=CC1=N/C(=C\C3=NC(C=C3)CC3=N/C(=C\2)CC3)C=C1. The Hall–Kier alpha value is -4.58. The molecular weight excluding hydrogens is 444 g/mol. The third kappa shape index (κ3) is 4.41. The molecule has 5 aliphatic rings. The van der Waals surface area contributed by atoms with Gasteiger partial charge in [0.25, 0.3) is 0 Å². The number of aromatic amines is 2. The smallest absolute Gasteiger partial charge is 0.0742 e. The largest absolute Gasteiger partial charge is 0.355 e. The number of hydrogen-bond donors (Lipinski definition) is 2. The van der Waals surface area contributed by atoms with Crippen LogP contribution < -0.4 is 10.7 Å². The van der Waals surface area contributed by atoms with Crippen molar-refractivity contribution in [2.45, 2.75) is 25.3 Å². The van der Waals surface area contributed by atoms with Crippen LogP contribution in [0.5, 0.6) is 0 Å². The number of fused-ring (bicyclic) bond motifs is 8. The minimum Gasteiger partial charge on any atom is -0.355 e. The predicted octanol–water partition coefficient (Wildman–Crippen LogP) is 4.10. The van der Waals surface area contributed by atoms with E-state index < -0.39 is 0 Å². The Morgan fingerprint density at radius 1 is 0.611 bits per heavy atom. The highest BCUT2D eigenvalue weighted by atomic mass is 14.9. The summed E-state index contributed by atoms with van der Waals surface area (Å²) >= 11 is 0. The predicted molar refractivity (Wildman–Crippen MR) is 148 cm³/mol. The van der Waals surface area contributed by atoms with E-state index in [0.717, 1.165) is 75.6 Å². The van der Waals surface area contributed by atoms with E-state index in [9.17, 15) is 0 Å². The number of nitrogens with one attached hydrogen (secondary N) is 2. The van der Waals surface area contributed by atoms with Crippen molar-refractivity contribution >= 4 is 41.1 Å². The monoisotopic (exact) mass is 468 g/mol. The molecule has 7 rings (SSSR count). The molecule has 0 fully saturated rings. The lowest BCUT2D eigenvalue weighted by atomic mass is 10.1.